The summed E-state index contributed by atoms with van der Waals surface area (Å²) >= 11 is 0. The second-order valence-electron chi connectivity index (χ2n) is 5.26. The fourth-order valence-corrected chi connectivity index (χ4v) is 2.04. The zero-order chi connectivity index (χ0) is 13.0. The number of rotatable bonds is 6. The van der Waals surface area contributed by atoms with Crippen LogP contribution in [0.3, 0.4) is 0 Å². The van der Waals surface area contributed by atoms with Crippen molar-refractivity contribution in [1.29, 1.82) is 0 Å². The molecule has 0 saturated heterocycles. The maximum absolute atomic E-state index is 11.9. The molecule has 0 spiro atoms. The molecule has 0 aliphatic heterocycles. The number of hydrogen-bond acceptors (Lipinski definition) is 2. The van der Waals surface area contributed by atoms with Crippen LogP contribution in [0.5, 0.6) is 0 Å². The summed E-state index contributed by atoms with van der Waals surface area (Å²) in [6.07, 6.45) is 5.05. The maximum atomic E-state index is 11.9. The zero-order valence-corrected chi connectivity index (χ0v) is 11.0. The summed E-state index contributed by atoms with van der Waals surface area (Å²) < 4.78 is 0. The van der Waals surface area contributed by atoms with Crippen molar-refractivity contribution in [1.82, 2.24) is 5.32 Å². The van der Waals surface area contributed by atoms with Gasteiger partial charge in [0, 0.05) is 6.54 Å². The molecule has 98 valence electrons. The summed E-state index contributed by atoms with van der Waals surface area (Å²) in [6, 6.07) is 7.25. The lowest BCUT2D eigenvalue weighted by atomic mass is 10.1. The smallest absolute Gasteiger partial charge is 0.241 e. The summed E-state index contributed by atoms with van der Waals surface area (Å²) in [5, 5.41) is 2.91. The minimum atomic E-state index is -0.550. The molecule has 3 heteroatoms. The second kappa shape index (κ2) is 6.01. The van der Waals surface area contributed by atoms with Crippen LogP contribution in [0.4, 0.5) is 0 Å². The van der Waals surface area contributed by atoms with E-state index in [0.29, 0.717) is 0 Å². The van der Waals surface area contributed by atoms with E-state index in [9.17, 15) is 4.79 Å². The molecule has 0 aromatic heterocycles. The van der Waals surface area contributed by atoms with Gasteiger partial charge in [0.1, 0.15) is 6.04 Å². The molecule has 1 saturated carbocycles. The lowest BCUT2D eigenvalue weighted by Gasteiger charge is -2.12. The van der Waals surface area contributed by atoms with Crippen molar-refractivity contribution in [2.75, 3.05) is 6.54 Å². The SMILES string of the molecule is Cc1ccc(C(N)C(=O)NCCCC2CC2)cc1. The Hall–Kier alpha value is -1.35. The monoisotopic (exact) mass is 246 g/mol. The number of hydrogen-bond donors (Lipinski definition) is 2. The number of carbonyl (C=O) groups excluding carboxylic acids is 1. The molecule has 1 unspecified atom stereocenters. The third-order valence-electron chi connectivity index (χ3n) is 3.50. The van der Waals surface area contributed by atoms with Crippen molar-refractivity contribution >= 4 is 5.91 Å². The molecule has 0 heterocycles. The largest absolute Gasteiger partial charge is 0.354 e. The Morgan fingerprint density at radius 1 is 1.39 bits per heavy atom. The van der Waals surface area contributed by atoms with Crippen LogP contribution in [0.15, 0.2) is 24.3 Å². The number of nitrogens with two attached hydrogens (primary N) is 1. The molecular formula is C15H22N2O. The van der Waals surface area contributed by atoms with Gasteiger partial charge in [0.2, 0.25) is 5.91 Å². The minimum Gasteiger partial charge on any atom is -0.354 e. The maximum Gasteiger partial charge on any atom is 0.241 e. The molecule has 3 nitrogen and oxygen atoms in total. The topological polar surface area (TPSA) is 55.1 Å². The molecule has 3 N–H and O–H groups in total. The van der Waals surface area contributed by atoms with Crippen LogP contribution in [0.1, 0.15) is 42.9 Å². The highest BCUT2D eigenvalue weighted by Crippen LogP contribution is 2.33. The first-order chi connectivity index (χ1) is 8.66. The highest BCUT2D eigenvalue weighted by atomic mass is 16.2. The first-order valence-corrected chi connectivity index (χ1v) is 6.76. The summed E-state index contributed by atoms with van der Waals surface area (Å²) in [7, 11) is 0. The van der Waals surface area contributed by atoms with E-state index < -0.39 is 6.04 Å². The Morgan fingerprint density at radius 2 is 2.06 bits per heavy atom. The molecule has 18 heavy (non-hydrogen) atoms. The first-order valence-electron chi connectivity index (χ1n) is 6.76. The first kappa shape index (κ1) is 13.1. The van der Waals surface area contributed by atoms with E-state index in [1.54, 1.807) is 0 Å². The van der Waals surface area contributed by atoms with E-state index in [1.165, 1.54) is 24.8 Å². The zero-order valence-electron chi connectivity index (χ0n) is 11.0. The van der Waals surface area contributed by atoms with E-state index in [1.807, 2.05) is 31.2 Å². The van der Waals surface area contributed by atoms with Gasteiger partial charge in [-0.15, -0.1) is 0 Å². The van der Waals surface area contributed by atoms with Crippen LogP contribution in [0.2, 0.25) is 0 Å². The molecule has 1 atom stereocenters. The van der Waals surface area contributed by atoms with Crippen LogP contribution in [0.25, 0.3) is 0 Å². The summed E-state index contributed by atoms with van der Waals surface area (Å²) in [6.45, 7) is 2.77. The Kier molecular flexibility index (Phi) is 4.37. The van der Waals surface area contributed by atoms with Gasteiger partial charge in [-0.25, -0.2) is 0 Å². The van der Waals surface area contributed by atoms with Gasteiger partial charge in [-0.1, -0.05) is 42.7 Å². The Labute approximate surface area is 109 Å². The summed E-state index contributed by atoms with van der Waals surface area (Å²) in [5.74, 6) is 0.849. The molecule has 1 aromatic carbocycles. The number of nitrogens with one attached hydrogen (secondary N) is 1. The van der Waals surface area contributed by atoms with E-state index in [0.717, 1.165) is 24.4 Å². The van der Waals surface area contributed by atoms with Gasteiger partial charge in [0.15, 0.2) is 0 Å². The van der Waals surface area contributed by atoms with Gasteiger partial charge in [-0.2, -0.15) is 0 Å². The highest BCUT2D eigenvalue weighted by molar-refractivity contribution is 5.82. The van der Waals surface area contributed by atoms with Gasteiger partial charge >= 0.3 is 0 Å². The predicted molar refractivity (Wildman–Crippen MR) is 73.1 cm³/mol. The van der Waals surface area contributed by atoms with E-state index >= 15 is 0 Å². The normalized spacial score (nSPS) is 16.3. The van der Waals surface area contributed by atoms with Gasteiger partial charge < -0.3 is 11.1 Å². The average molecular weight is 246 g/mol. The van der Waals surface area contributed by atoms with Gasteiger partial charge in [-0.3, -0.25) is 4.79 Å². The van der Waals surface area contributed by atoms with Crippen molar-refractivity contribution in [3.8, 4) is 0 Å². The van der Waals surface area contributed by atoms with Gasteiger partial charge in [-0.05, 0) is 31.2 Å². The van der Waals surface area contributed by atoms with E-state index in [4.69, 9.17) is 5.73 Å². The van der Waals surface area contributed by atoms with E-state index in [2.05, 4.69) is 5.32 Å². The highest BCUT2D eigenvalue weighted by Gasteiger charge is 2.20. The number of amides is 1. The molecule has 2 rings (SSSR count). The Balaban J connectivity index is 1.74. The third-order valence-corrected chi connectivity index (χ3v) is 3.50. The Bertz CT molecular complexity index is 395. The average Bonchev–Trinajstić information content (AvgIpc) is 3.18. The fourth-order valence-electron chi connectivity index (χ4n) is 2.04. The molecule has 0 bridgehead atoms. The third kappa shape index (κ3) is 3.84. The number of benzene rings is 1. The Morgan fingerprint density at radius 3 is 2.67 bits per heavy atom. The van der Waals surface area contributed by atoms with Crippen LogP contribution < -0.4 is 11.1 Å². The summed E-state index contributed by atoms with van der Waals surface area (Å²) in [4.78, 5) is 11.9. The van der Waals surface area contributed by atoms with Crippen LogP contribution >= 0.6 is 0 Å². The molecule has 1 fully saturated rings. The van der Waals surface area contributed by atoms with E-state index in [-0.39, 0.29) is 5.91 Å². The lowest BCUT2D eigenvalue weighted by Crippen LogP contribution is -2.34. The molecule has 1 amide bonds. The van der Waals surface area contributed by atoms with Crippen LogP contribution in [-0.4, -0.2) is 12.5 Å². The van der Waals surface area contributed by atoms with Crippen molar-refractivity contribution in [3.63, 3.8) is 0 Å². The van der Waals surface area contributed by atoms with Crippen LogP contribution in [-0.2, 0) is 4.79 Å². The molecule has 1 aliphatic carbocycles. The van der Waals surface area contributed by atoms with Crippen LogP contribution in [0, 0.1) is 12.8 Å². The van der Waals surface area contributed by atoms with Crippen molar-refractivity contribution in [2.45, 2.75) is 38.6 Å². The fraction of sp³-hybridized carbons (Fsp3) is 0.533. The van der Waals surface area contributed by atoms with Crippen molar-refractivity contribution in [2.24, 2.45) is 11.7 Å². The number of aryl methyl sites for hydroxylation is 1. The quantitative estimate of drug-likeness (QED) is 0.757. The molecule has 1 aromatic rings. The van der Waals surface area contributed by atoms with Gasteiger partial charge in [0.05, 0.1) is 0 Å². The van der Waals surface area contributed by atoms with Crippen molar-refractivity contribution < 1.29 is 4.79 Å². The molecule has 0 radical (unpaired) electrons. The standard InChI is InChI=1S/C15H22N2O/c1-11-4-8-13(9-5-11)14(16)15(18)17-10-2-3-12-6-7-12/h4-5,8-9,12,14H,2-3,6-7,10,16H2,1H3,(H,17,18). The van der Waals surface area contributed by atoms with Crippen molar-refractivity contribution in [3.05, 3.63) is 35.4 Å². The minimum absolute atomic E-state index is 0.0744. The second-order valence-corrected chi connectivity index (χ2v) is 5.26. The molecule has 1 aliphatic rings. The predicted octanol–water partition coefficient (Wildman–Crippen LogP) is 2.30. The molecular weight excluding hydrogens is 224 g/mol. The lowest BCUT2D eigenvalue weighted by molar-refractivity contribution is -0.122. The number of carbonyl (C=O) groups is 1. The summed E-state index contributed by atoms with van der Waals surface area (Å²) in [5.41, 5.74) is 7.98. The van der Waals surface area contributed by atoms with Gasteiger partial charge in [0.25, 0.3) is 0 Å².